The largest absolute Gasteiger partial charge is 0.332 e. The van der Waals surface area contributed by atoms with Crippen molar-refractivity contribution in [2.45, 2.75) is 25.4 Å². The summed E-state index contributed by atoms with van der Waals surface area (Å²) in [5, 5.41) is 6.63. The van der Waals surface area contributed by atoms with Crippen LogP contribution in [0.15, 0.2) is 17.4 Å². The fourth-order valence-electron chi connectivity index (χ4n) is 1.34. The van der Waals surface area contributed by atoms with Gasteiger partial charge in [-0.05, 0) is 13.8 Å². The maximum absolute atomic E-state index is 11.8. The first-order chi connectivity index (χ1) is 7.99. The molecule has 2 rings (SSSR count). The Hall–Kier alpha value is -1.67. The first kappa shape index (κ1) is 11.8. The third-order valence-corrected chi connectivity index (χ3v) is 3.67. The Labute approximate surface area is 98.7 Å². The molecule has 92 valence electrons. The molecule has 8 heteroatoms. The predicted octanol–water partition coefficient (Wildman–Crippen LogP) is 0.228. The van der Waals surface area contributed by atoms with Gasteiger partial charge in [0.25, 0.3) is 10.0 Å². The van der Waals surface area contributed by atoms with Crippen LogP contribution in [0.3, 0.4) is 0 Å². The Kier molecular flexibility index (Phi) is 2.99. The van der Waals surface area contributed by atoms with Gasteiger partial charge in [-0.1, -0.05) is 0 Å². The summed E-state index contributed by atoms with van der Waals surface area (Å²) >= 11 is 0. The lowest BCUT2D eigenvalue weighted by Gasteiger charge is -2.03. The Balaban J connectivity index is 2.11. The highest BCUT2D eigenvalue weighted by atomic mass is 32.2. The quantitative estimate of drug-likeness (QED) is 0.727. The van der Waals surface area contributed by atoms with Gasteiger partial charge in [0.1, 0.15) is 5.82 Å². The lowest BCUT2D eigenvalue weighted by Crippen LogP contribution is -2.23. The summed E-state index contributed by atoms with van der Waals surface area (Å²) in [5.41, 5.74) is 1.65. The molecule has 3 N–H and O–H groups in total. The van der Waals surface area contributed by atoms with Gasteiger partial charge in [0.05, 0.1) is 12.4 Å². The summed E-state index contributed by atoms with van der Waals surface area (Å²) in [6, 6.07) is 0. The summed E-state index contributed by atoms with van der Waals surface area (Å²) in [4.78, 5) is 6.53. The molecule has 7 nitrogen and oxygen atoms in total. The normalized spacial score (nSPS) is 11.9. The van der Waals surface area contributed by atoms with E-state index < -0.39 is 10.0 Å². The summed E-state index contributed by atoms with van der Waals surface area (Å²) in [5.74, 6) is 0.560. The van der Waals surface area contributed by atoms with E-state index in [9.17, 15) is 8.42 Å². The van der Waals surface area contributed by atoms with Crippen LogP contribution in [0.4, 0.5) is 0 Å². The van der Waals surface area contributed by atoms with Crippen LogP contribution in [-0.4, -0.2) is 28.6 Å². The van der Waals surface area contributed by atoms with E-state index in [1.165, 1.54) is 6.20 Å². The van der Waals surface area contributed by atoms with Gasteiger partial charge in [-0.2, -0.15) is 5.10 Å². The van der Waals surface area contributed by atoms with Gasteiger partial charge in [-0.15, -0.1) is 0 Å². The number of aryl methyl sites for hydroxylation is 2. The number of nitrogens with zero attached hydrogens (tertiary/aromatic N) is 2. The molecule has 2 heterocycles. The number of aromatic nitrogens is 4. The molecular formula is C9H13N5O2S. The zero-order valence-corrected chi connectivity index (χ0v) is 10.3. The lowest BCUT2D eigenvalue weighted by molar-refractivity contribution is 0.578. The minimum atomic E-state index is -3.54. The molecule has 0 aliphatic rings. The minimum Gasteiger partial charge on any atom is -0.332 e. The second-order valence-electron chi connectivity index (χ2n) is 3.68. The SMILES string of the molecule is Cc1ncc(S(=O)(=O)NCc2cn[nH]c2C)[nH]1. The molecule has 0 aliphatic heterocycles. The van der Waals surface area contributed by atoms with E-state index in [4.69, 9.17) is 0 Å². The highest BCUT2D eigenvalue weighted by Gasteiger charge is 2.16. The minimum absolute atomic E-state index is 0.0659. The molecule has 0 fully saturated rings. The molecule has 17 heavy (non-hydrogen) atoms. The van der Waals surface area contributed by atoms with E-state index in [0.717, 1.165) is 11.3 Å². The average molecular weight is 255 g/mol. The Morgan fingerprint density at radius 1 is 1.35 bits per heavy atom. The van der Waals surface area contributed by atoms with Crippen LogP contribution < -0.4 is 4.72 Å². The van der Waals surface area contributed by atoms with Crippen molar-refractivity contribution >= 4 is 10.0 Å². The molecule has 2 aromatic rings. The summed E-state index contributed by atoms with van der Waals surface area (Å²) in [7, 11) is -3.54. The van der Waals surface area contributed by atoms with Crippen molar-refractivity contribution in [3.63, 3.8) is 0 Å². The van der Waals surface area contributed by atoms with Gasteiger partial charge in [0.15, 0.2) is 5.03 Å². The highest BCUT2D eigenvalue weighted by Crippen LogP contribution is 2.07. The third-order valence-electron chi connectivity index (χ3n) is 2.36. The highest BCUT2D eigenvalue weighted by molar-refractivity contribution is 7.89. The third kappa shape index (κ3) is 2.53. The van der Waals surface area contributed by atoms with E-state index in [0.29, 0.717) is 5.82 Å². The first-order valence-electron chi connectivity index (χ1n) is 4.99. The zero-order valence-electron chi connectivity index (χ0n) is 9.48. The number of nitrogens with one attached hydrogen (secondary N) is 3. The van der Waals surface area contributed by atoms with Crippen LogP contribution in [-0.2, 0) is 16.6 Å². The van der Waals surface area contributed by atoms with Gasteiger partial charge in [0.2, 0.25) is 0 Å². The molecule has 0 radical (unpaired) electrons. The molecule has 0 saturated heterocycles. The molecule has 2 aromatic heterocycles. The van der Waals surface area contributed by atoms with Crippen LogP contribution in [0.2, 0.25) is 0 Å². The molecule has 0 amide bonds. The van der Waals surface area contributed by atoms with Crippen LogP contribution in [0.25, 0.3) is 0 Å². The van der Waals surface area contributed by atoms with Gasteiger partial charge in [-0.3, -0.25) is 5.10 Å². The summed E-state index contributed by atoms with van der Waals surface area (Å²) < 4.78 is 26.2. The van der Waals surface area contributed by atoms with E-state index in [1.54, 1.807) is 13.1 Å². The lowest BCUT2D eigenvalue weighted by atomic mass is 10.3. The number of hydrogen-bond donors (Lipinski definition) is 3. The molecular weight excluding hydrogens is 242 g/mol. The van der Waals surface area contributed by atoms with Crippen molar-refractivity contribution < 1.29 is 8.42 Å². The van der Waals surface area contributed by atoms with Crippen molar-refractivity contribution in [2.24, 2.45) is 0 Å². The van der Waals surface area contributed by atoms with Gasteiger partial charge in [0, 0.05) is 17.8 Å². The van der Waals surface area contributed by atoms with E-state index in [-0.39, 0.29) is 11.6 Å². The Morgan fingerprint density at radius 2 is 2.12 bits per heavy atom. The summed E-state index contributed by atoms with van der Waals surface area (Å²) in [6.45, 7) is 3.72. The second kappa shape index (κ2) is 4.30. The monoisotopic (exact) mass is 255 g/mol. The first-order valence-corrected chi connectivity index (χ1v) is 6.47. The van der Waals surface area contributed by atoms with Crippen LogP contribution in [0, 0.1) is 13.8 Å². The van der Waals surface area contributed by atoms with E-state index >= 15 is 0 Å². The summed E-state index contributed by atoms with van der Waals surface area (Å²) in [6.07, 6.45) is 2.88. The van der Waals surface area contributed by atoms with Crippen molar-refractivity contribution in [1.82, 2.24) is 24.9 Å². The molecule has 0 atom stereocenters. The van der Waals surface area contributed by atoms with Crippen molar-refractivity contribution in [2.75, 3.05) is 0 Å². The molecule has 0 aromatic carbocycles. The number of hydrogen-bond acceptors (Lipinski definition) is 4. The van der Waals surface area contributed by atoms with E-state index in [2.05, 4.69) is 24.9 Å². The van der Waals surface area contributed by atoms with Crippen molar-refractivity contribution in [3.8, 4) is 0 Å². The molecule has 0 spiro atoms. The van der Waals surface area contributed by atoms with Gasteiger partial charge in [-0.25, -0.2) is 18.1 Å². The number of rotatable bonds is 4. The number of H-pyrrole nitrogens is 2. The van der Waals surface area contributed by atoms with Gasteiger partial charge < -0.3 is 4.98 Å². The van der Waals surface area contributed by atoms with Crippen LogP contribution >= 0.6 is 0 Å². The van der Waals surface area contributed by atoms with Crippen LogP contribution in [0.1, 0.15) is 17.1 Å². The predicted molar refractivity (Wildman–Crippen MR) is 60.7 cm³/mol. The maximum atomic E-state index is 11.8. The number of imidazole rings is 1. The molecule has 0 saturated carbocycles. The fraction of sp³-hybridized carbons (Fsp3) is 0.333. The number of sulfonamides is 1. The zero-order chi connectivity index (χ0) is 12.5. The van der Waals surface area contributed by atoms with Crippen LogP contribution in [0.5, 0.6) is 0 Å². The fourth-order valence-corrected chi connectivity index (χ4v) is 2.31. The maximum Gasteiger partial charge on any atom is 0.257 e. The molecule has 0 bridgehead atoms. The average Bonchev–Trinajstić information content (AvgIpc) is 2.85. The Morgan fingerprint density at radius 3 is 2.65 bits per heavy atom. The smallest absolute Gasteiger partial charge is 0.257 e. The topological polar surface area (TPSA) is 104 Å². The van der Waals surface area contributed by atoms with Crippen molar-refractivity contribution in [3.05, 3.63) is 29.5 Å². The van der Waals surface area contributed by atoms with E-state index in [1.807, 2.05) is 6.92 Å². The molecule has 0 unspecified atom stereocenters. The Bertz CT molecular complexity index is 613. The van der Waals surface area contributed by atoms with Gasteiger partial charge >= 0.3 is 0 Å². The standard InChI is InChI=1S/C9H13N5O2S/c1-6-8(3-11-14-6)4-12-17(15,16)9-5-10-7(2)13-9/h3,5,12H,4H2,1-2H3,(H,10,13)(H,11,14). The van der Waals surface area contributed by atoms with Crippen molar-refractivity contribution in [1.29, 1.82) is 0 Å². The second-order valence-corrected chi connectivity index (χ2v) is 5.41. The number of aromatic amines is 2. The molecule has 0 aliphatic carbocycles.